The monoisotopic (exact) mass is 234 g/mol. The van der Waals surface area contributed by atoms with Crippen molar-refractivity contribution in [2.24, 2.45) is 0 Å². The van der Waals surface area contributed by atoms with Gasteiger partial charge >= 0.3 is 0 Å². The Morgan fingerprint density at radius 2 is 1.39 bits per heavy atom. The average molecular weight is 234 g/mol. The van der Waals surface area contributed by atoms with Gasteiger partial charge in [-0.15, -0.1) is 0 Å². The molecule has 1 heteroatoms. The van der Waals surface area contributed by atoms with Crippen molar-refractivity contribution in [1.82, 2.24) is 0 Å². The predicted molar refractivity (Wildman–Crippen MR) is 79.8 cm³/mol. The van der Waals surface area contributed by atoms with Crippen LogP contribution in [0.25, 0.3) is 0 Å². The first-order valence-corrected chi connectivity index (χ1v) is 6.57. The van der Waals surface area contributed by atoms with E-state index in [1.54, 1.807) is 0 Å². The molecule has 0 amide bonds. The molecule has 0 aliphatic rings. The van der Waals surface area contributed by atoms with Crippen molar-refractivity contribution in [3.05, 3.63) is 64.7 Å². The summed E-state index contributed by atoms with van der Waals surface area (Å²) in [6.07, 6.45) is 3.33. The van der Waals surface area contributed by atoms with Crippen LogP contribution in [0.1, 0.15) is 28.7 Å². The fraction of sp³-hybridized carbons (Fsp3) is 0.294. The second-order valence-corrected chi connectivity index (χ2v) is 4.93. The number of hydrogen-bond donors (Lipinski definition) is 0. The van der Waals surface area contributed by atoms with E-state index in [9.17, 15) is 0 Å². The van der Waals surface area contributed by atoms with Gasteiger partial charge in [0.05, 0.1) is 0 Å². The Bertz CT molecular complexity index is 529. The fourth-order valence-electron chi connectivity index (χ4n) is 2.32. The van der Waals surface area contributed by atoms with Crippen LogP contribution in [-0.4, -0.2) is 7.85 Å². The molecule has 0 nitrogen and oxygen atoms in total. The van der Waals surface area contributed by atoms with Gasteiger partial charge < -0.3 is 0 Å². The maximum Gasteiger partial charge on any atom is 0.114 e. The molecule has 0 fully saturated rings. The highest BCUT2D eigenvalue weighted by Crippen LogP contribution is 2.11. The molecule has 0 saturated carbocycles. The van der Waals surface area contributed by atoms with Gasteiger partial charge in [0.25, 0.3) is 0 Å². The first-order chi connectivity index (χ1) is 8.68. The fourth-order valence-corrected chi connectivity index (χ4v) is 2.32. The first kappa shape index (κ1) is 12.9. The molecule has 0 saturated heterocycles. The molecule has 0 unspecified atom stereocenters. The van der Waals surface area contributed by atoms with Crippen LogP contribution in [0.5, 0.6) is 0 Å². The van der Waals surface area contributed by atoms with Gasteiger partial charge in [-0.05, 0) is 44.2 Å². The topological polar surface area (TPSA) is 0 Å². The molecule has 0 atom stereocenters. The average Bonchev–Trinajstić information content (AvgIpc) is 2.37. The van der Waals surface area contributed by atoms with Crippen LogP contribution in [0, 0.1) is 13.8 Å². The van der Waals surface area contributed by atoms with E-state index in [2.05, 4.69) is 56.3 Å². The highest BCUT2D eigenvalue weighted by molar-refractivity contribution is 6.34. The lowest BCUT2D eigenvalue weighted by Gasteiger charge is -2.09. The van der Waals surface area contributed by atoms with E-state index in [-0.39, 0.29) is 0 Å². The lowest BCUT2D eigenvalue weighted by atomic mass is 9.84. The molecule has 2 aromatic carbocycles. The molecule has 2 radical (unpaired) electrons. The zero-order valence-electron chi connectivity index (χ0n) is 11.2. The molecule has 0 bridgehead atoms. The summed E-state index contributed by atoms with van der Waals surface area (Å²) in [6.45, 7) is 4.25. The second kappa shape index (κ2) is 5.90. The summed E-state index contributed by atoms with van der Waals surface area (Å²) in [5.41, 5.74) is 6.26. The van der Waals surface area contributed by atoms with Gasteiger partial charge in [-0.3, -0.25) is 0 Å². The smallest absolute Gasteiger partial charge is 0.0907 e. The Labute approximate surface area is 111 Å². The van der Waals surface area contributed by atoms with Gasteiger partial charge in [0.2, 0.25) is 0 Å². The Morgan fingerprint density at radius 1 is 0.778 bits per heavy atom. The summed E-state index contributed by atoms with van der Waals surface area (Å²) >= 11 is 0. The number of aryl methyl sites for hydroxylation is 4. The van der Waals surface area contributed by atoms with Gasteiger partial charge in [-0.2, -0.15) is 0 Å². The lowest BCUT2D eigenvalue weighted by molar-refractivity contribution is 0.818. The lowest BCUT2D eigenvalue weighted by Crippen LogP contribution is -2.14. The molecule has 2 rings (SSSR count). The molecule has 0 spiro atoms. The molecule has 2 aromatic rings. The maximum absolute atomic E-state index is 6.09. The number of benzene rings is 2. The van der Waals surface area contributed by atoms with E-state index in [0.29, 0.717) is 0 Å². The zero-order valence-corrected chi connectivity index (χ0v) is 11.2. The molecule has 0 heterocycles. The number of rotatable bonds is 4. The van der Waals surface area contributed by atoms with Crippen LogP contribution in [0.4, 0.5) is 0 Å². The highest BCUT2D eigenvalue weighted by Gasteiger charge is 2.01. The molecular weight excluding hydrogens is 215 g/mol. The third-order valence-corrected chi connectivity index (χ3v) is 3.57. The van der Waals surface area contributed by atoms with E-state index in [1.165, 1.54) is 22.3 Å². The van der Waals surface area contributed by atoms with Crippen molar-refractivity contribution < 1.29 is 0 Å². The molecule has 0 aliphatic carbocycles. The van der Waals surface area contributed by atoms with Crippen molar-refractivity contribution >= 4 is 13.3 Å². The van der Waals surface area contributed by atoms with E-state index in [1.807, 2.05) is 0 Å². The van der Waals surface area contributed by atoms with Crippen molar-refractivity contribution in [1.29, 1.82) is 0 Å². The summed E-state index contributed by atoms with van der Waals surface area (Å²) in [7, 11) is 6.09. The zero-order chi connectivity index (χ0) is 13.0. The second-order valence-electron chi connectivity index (χ2n) is 4.93. The standard InChI is InChI=1S/C17H19B/c1-13-7-3-4-9-15(13)10-6-12-16-11-5-8-14(2)17(16)18/h3-5,7-9,11H,6,10,12H2,1-2H3. The molecule has 18 heavy (non-hydrogen) atoms. The van der Waals surface area contributed by atoms with Gasteiger partial charge in [-0.1, -0.05) is 59.1 Å². The van der Waals surface area contributed by atoms with Gasteiger partial charge in [-0.25, -0.2) is 0 Å². The Hall–Kier alpha value is -1.50. The van der Waals surface area contributed by atoms with Gasteiger partial charge in [0, 0.05) is 0 Å². The summed E-state index contributed by atoms with van der Waals surface area (Å²) in [6, 6.07) is 14.9. The van der Waals surface area contributed by atoms with E-state index < -0.39 is 0 Å². The summed E-state index contributed by atoms with van der Waals surface area (Å²) in [4.78, 5) is 0. The van der Waals surface area contributed by atoms with Crippen molar-refractivity contribution in [2.75, 3.05) is 0 Å². The van der Waals surface area contributed by atoms with Crippen LogP contribution in [-0.2, 0) is 12.8 Å². The molecule has 0 aromatic heterocycles. The summed E-state index contributed by atoms with van der Waals surface area (Å²) < 4.78 is 0. The molecule has 0 aliphatic heterocycles. The third kappa shape index (κ3) is 3.04. The Kier molecular flexibility index (Phi) is 4.25. The van der Waals surface area contributed by atoms with Crippen LogP contribution in [0.15, 0.2) is 42.5 Å². The maximum atomic E-state index is 6.09. The van der Waals surface area contributed by atoms with Gasteiger partial charge in [0.1, 0.15) is 7.85 Å². The SMILES string of the molecule is [B]c1c(C)cccc1CCCc1ccccc1C. The summed E-state index contributed by atoms with van der Waals surface area (Å²) in [5, 5.41) is 0. The van der Waals surface area contributed by atoms with Gasteiger partial charge in [0.15, 0.2) is 0 Å². The normalized spacial score (nSPS) is 10.6. The van der Waals surface area contributed by atoms with Crippen LogP contribution in [0.3, 0.4) is 0 Å². The molecule has 0 N–H and O–H groups in total. The van der Waals surface area contributed by atoms with Crippen molar-refractivity contribution in [3.63, 3.8) is 0 Å². The minimum Gasteiger partial charge on any atom is -0.0907 e. The van der Waals surface area contributed by atoms with Crippen molar-refractivity contribution in [3.8, 4) is 0 Å². The predicted octanol–water partition coefficient (Wildman–Crippen LogP) is 3.27. The number of hydrogen-bond acceptors (Lipinski definition) is 0. The minimum atomic E-state index is 0.960. The third-order valence-electron chi connectivity index (χ3n) is 3.57. The van der Waals surface area contributed by atoms with E-state index >= 15 is 0 Å². The van der Waals surface area contributed by atoms with E-state index in [0.717, 1.165) is 24.7 Å². The van der Waals surface area contributed by atoms with Crippen LogP contribution in [0.2, 0.25) is 0 Å². The van der Waals surface area contributed by atoms with Crippen LogP contribution >= 0.6 is 0 Å². The largest absolute Gasteiger partial charge is 0.114 e. The first-order valence-electron chi connectivity index (χ1n) is 6.57. The molecule has 90 valence electrons. The van der Waals surface area contributed by atoms with Crippen LogP contribution < -0.4 is 5.46 Å². The Morgan fingerprint density at radius 3 is 2.17 bits per heavy atom. The molecular formula is C17H19B. The van der Waals surface area contributed by atoms with Crippen molar-refractivity contribution in [2.45, 2.75) is 33.1 Å². The highest BCUT2D eigenvalue weighted by atomic mass is 14.1. The minimum absolute atomic E-state index is 0.960. The Balaban J connectivity index is 1.97. The summed E-state index contributed by atoms with van der Waals surface area (Å²) in [5.74, 6) is 0. The quantitative estimate of drug-likeness (QED) is 0.712. The van der Waals surface area contributed by atoms with E-state index in [4.69, 9.17) is 7.85 Å².